The Morgan fingerprint density at radius 2 is 2.00 bits per heavy atom. The van der Waals surface area contributed by atoms with Gasteiger partial charge in [-0.15, -0.1) is 0 Å². The first-order chi connectivity index (χ1) is 13.4. The number of carbonyl (C=O) groups is 1. The molecule has 1 fully saturated rings. The van der Waals surface area contributed by atoms with Crippen LogP contribution >= 0.6 is 0 Å². The highest BCUT2D eigenvalue weighted by Gasteiger charge is 2.42. The number of halogens is 3. The maximum atomic E-state index is 13.3. The number of nitrogens with one attached hydrogen (secondary N) is 1. The summed E-state index contributed by atoms with van der Waals surface area (Å²) in [6.45, 7) is 0.546. The molecule has 3 aliphatic rings. The second kappa shape index (κ2) is 6.37. The van der Waals surface area contributed by atoms with Crippen molar-refractivity contribution >= 4 is 22.4 Å². The quantitative estimate of drug-likeness (QED) is 0.853. The second-order valence-corrected chi connectivity index (χ2v) is 8.07. The summed E-state index contributed by atoms with van der Waals surface area (Å²) < 4.78 is 40.0. The molecular formula is C21H22F3N3O. The Kier molecular flexibility index (Phi) is 4.05. The van der Waals surface area contributed by atoms with Crippen molar-refractivity contribution in [3.63, 3.8) is 0 Å². The van der Waals surface area contributed by atoms with Crippen molar-refractivity contribution in [3.8, 4) is 0 Å². The molecule has 0 spiro atoms. The smallest absolute Gasteiger partial charge is 0.361 e. The highest BCUT2D eigenvalue weighted by Crippen LogP contribution is 2.42. The van der Waals surface area contributed by atoms with Gasteiger partial charge >= 0.3 is 6.18 Å². The Bertz CT molecular complexity index is 955. The third-order valence-corrected chi connectivity index (χ3v) is 6.24. The predicted octanol–water partition coefficient (Wildman–Crippen LogP) is 3.59. The molecule has 3 heterocycles. The number of likely N-dealkylation sites (tertiary alicyclic amines) is 1. The van der Waals surface area contributed by atoms with E-state index < -0.39 is 18.6 Å². The molecule has 0 radical (unpaired) electrons. The number of amides is 1. The van der Waals surface area contributed by atoms with Crippen LogP contribution in [0.3, 0.4) is 0 Å². The minimum absolute atomic E-state index is 0.0392. The molecule has 7 heteroatoms. The molecule has 5 rings (SSSR count). The molecule has 1 unspecified atom stereocenters. The van der Waals surface area contributed by atoms with Gasteiger partial charge in [0, 0.05) is 42.8 Å². The van der Waals surface area contributed by atoms with Crippen molar-refractivity contribution < 1.29 is 18.0 Å². The lowest BCUT2D eigenvalue weighted by atomic mass is 9.79. The molecule has 1 N–H and O–H groups in total. The number of aromatic nitrogens is 1. The van der Waals surface area contributed by atoms with Crippen LogP contribution < -0.4 is 0 Å². The van der Waals surface area contributed by atoms with E-state index >= 15 is 0 Å². The number of hydrogen-bond donors (Lipinski definition) is 1. The molecule has 2 atom stereocenters. The zero-order valence-corrected chi connectivity index (χ0v) is 15.4. The fourth-order valence-electron chi connectivity index (χ4n) is 5.06. The number of hydrogen-bond acceptors (Lipinski definition) is 2. The Morgan fingerprint density at radius 3 is 2.75 bits per heavy atom. The van der Waals surface area contributed by atoms with Gasteiger partial charge in [-0.2, -0.15) is 13.2 Å². The van der Waals surface area contributed by atoms with E-state index in [1.807, 2.05) is 30.5 Å². The Morgan fingerprint density at radius 1 is 1.21 bits per heavy atom. The first-order valence-corrected chi connectivity index (χ1v) is 9.81. The summed E-state index contributed by atoms with van der Waals surface area (Å²) in [6.07, 6.45) is 2.02. The summed E-state index contributed by atoms with van der Waals surface area (Å²) in [6, 6.07) is 5.51. The topological polar surface area (TPSA) is 39.3 Å². The zero-order chi connectivity index (χ0) is 19.5. The van der Waals surface area contributed by atoms with Gasteiger partial charge in [-0.05, 0) is 42.0 Å². The van der Waals surface area contributed by atoms with E-state index in [2.05, 4.69) is 4.98 Å². The van der Waals surface area contributed by atoms with Crippen LogP contribution in [0.2, 0.25) is 0 Å². The van der Waals surface area contributed by atoms with Gasteiger partial charge in [0.25, 0.3) is 0 Å². The third-order valence-electron chi connectivity index (χ3n) is 6.24. The van der Waals surface area contributed by atoms with Crippen LogP contribution in [-0.2, 0) is 11.2 Å². The molecule has 2 aromatic rings. The Labute approximate surface area is 161 Å². The fraction of sp³-hybridized carbons (Fsp3) is 0.476. The van der Waals surface area contributed by atoms with E-state index in [1.54, 1.807) is 4.90 Å². The van der Waals surface area contributed by atoms with Crippen molar-refractivity contribution in [3.05, 3.63) is 41.6 Å². The molecule has 1 aliphatic carbocycles. The second-order valence-electron chi connectivity index (χ2n) is 8.07. The highest BCUT2D eigenvalue weighted by molar-refractivity contribution is 5.99. The van der Waals surface area contributed by atoms with Gasteiger partial charge in [-0.3, -0.25) is 9.69 Å². The van der Waals surface area contributed by atoms with Gasteiger partial charge in [0.2, 0.25) is 5.91 Å². The molecule has 1 aromatic carbocycles. The van der Waals surface area contributed by atoms with Gasteiger partial charge in [-0.25, -0.2) is 0 Å². The van der Waals surface area contributed by atoms with Crippen molar-refractivity contribution in [1.82, 2.24) is 14.8 Å². The van der Waals surface area contributed by atoms with E-state index in [0.29, 0.717) is 19.5 Å². The summed E-state index contributed by atoms with van der Waals surface area (Å²) in [7, 11) is 0. The Hall–Kier alpha value is -2.28. The largest absolute Gasteiger partial charge is 0.401 e. The summed E-state index contributed by atoms with van der Waals surface area (Å²) >= 11 is 0. The molecule has 4 nitrogen and oxygen atoms in total. The molecule has 2 aliphatic heterocycles. The van der Waals surface area contributed by atoms with E-state index in [-0.39, 0.29) is 18.5 Å². The SMILES string of the molecule is O=C([C@@H]1C=C2c3cccc4[nH]cc(c34)CC2N(CC(F)(F)F)C1)N1CCCC1. The normalized spacial score (nSPS) is 25.1. The van der Waals surface area contributed by atoms with Crippen molar-refractivity contribution in [2.24, 2.45) is 5.92 Å². The van der Waals surface area contributed by atoms with E-state index in [1.165, 1.54) is 4.90 Å². The van der Waals surface area contributed by atoms with E-state index in [4.69, 9.17) is 0 Å². The fourth-order valence-corrected chi connectivity index (χ4v) is 5.06. The van der Waals surface area contributed by atoms with Crippen molar-refractivity contribution in [2.45, 2.75) is 31.5 Å². The summed E-state index contributed by atoms with van der Waals surface area (Å²) in [5.74, 6) is -0.565. The summed E-state index contributed by atoms with van der Waals surface area (Å²) in [4.78, 5) is 19.5. The van der Waals surface area contributed by atoms with Crippen LogP contribution in [-0.4, -0.2) is 59.1 Å². The lowest BCUT2D eigenvalue weighted by Crippen LogP contribution is -2.51. The van der Waals surface area contributed by atoms with Gasteiger partial charge < -0.3 is 9.88 Å². The van der Waals surface area contributed by atoms with Crippen LogP contribution in [0.4, 0.5) is 13.2 Å². The Balaban J connectivity index is 1.58. The first-order valence-electron chi connectivity index (χ1n) is 9.81. The molecular weight excluding hydrogens is 367 g/mol. The number of rotatable bonds is 2. The molecule has 1 aromatic heterocycles. The molecule has 1 saturated heterocycles. The van der Waals surface area contributed by atoms with Crippen molar-refractivity contribution in [2.75, 3.05) is 26.2 Å². The number of nitrogens with zero attached hydrogens (tertiary/aromatic N) is 2. The number of benzene rings is 1. The zero-order valence-electron chi connectivity index (χ0n) is 15.4. The van der Waals surface area contributed by atoms with Gasteiger partial charge in [0.15, 0.2) is 0 Å². The van der Waals surface area contributed by atoms with Gasteiger partial charge in [-0.1, -0.05) is 18.2 Å². The lowest BCUT2D eigenvalue weighted by Gasteiger charge is -2.42. The number of fused-ring (bicyclic) bond motifs is 2. The van der Waals surface area contributed by atoms with Crippen molar-refractivity contribution in [1.29, 1.82) is 0 Å². The number of aromatic amines is 1. The van der Waals surface area contributed by atoms with Gasteiger partial charge in [0.05, 0.1) is 12.5 Å². The minimum atomic E-state index is -4.30. The maximum absolute atomic E-state index is 13.3. The van der Waals surface area contributed by atoms with Crippen LogP contribution in [0.5, 0.6) is 0 Å². The third kappa shape index (κ3) is 2.92. The standard InChI is InChI=1S/C21H22F3N3O/c22-21(23,24)12-27-11-14(20(28)26-6-1-2-7-26)8-16-15-4-3-5-17-19(15)13(10-25-17)9-18(16)27/h3-5,8,10,14,18,25H,1-2,6-7,9,11-12H2/t14-,18?/m1/s1. The molecule has 28 heavy (non-hydrogen) atoms. The van der Waals surface area contributed by atoms with Crippen LogP contribution in [0.1, 0.15) is 24.0 Å². The number of alkyl halides is 3. The molecule has 0 bridgehead atoms. The van der Waals surface area contributed by atoms with Crippen LogP contribution in [0.15, 0.2) is 30.5 Å². The first kappa shape index (κ1) is 17.8. The van der Waals surface area contributed by atoms with Gasteiger partial charge in [0.1, 0.15) is 0 Å². The number of carbonyl (C=O) groups excluding carboxylic acids is 1. The maximum Gasteiger partial charge on any atom is 0.401 e. The van der Waals surface area contributed by atoms with E-state index in [0.717, 1.165) is 40.4 Å². The summed E-state index contributed by atoms with van der Waals surface area (Å²) in [5, 5.41) is 1.08. The average molecular weight is 389 g/mol. The molecule has 1 amide bonds. The molecule has 148 valence electrons. The lowest BCUT2D eigenvalue weighted by molar-refractivity contribution is -0.153. The van der Waals surface area contributed by atoms with Crippen LogP contribution in [0.25, 0.3) is 16.5 Å². The highest BCUT2D eigenvalue weighted by atomic mass is 19.4. The van der Waals surface area contributed by atoms with Crippen LogP contribution in [0, 0.1) is 5.92 Å². The predicted molar refractivity (Wildman–Crippen MR) is 101 cm³/mol. The minimum Gasteiger partial charge on any atom is -0.361 e. The summed E-state index contributed by atoms with van der Waals surface area (Å²) in [5.41, 5.74) is 3.85. The molecule has 0 saturated carbocycles. The number of H-pyrrole nitrogens is 1. The monoisotopic (exact) mass is 389 g/mol. The van der Waals surface area contributed by atoms with E-state index in [9.17, 15) is 18.0 Å². The average Bonchev–Trinajstić information content (AvgIpc) is 3.32.